The van der Waals surface area contributed by atoms with Gasteiger partial charge in [-0.05, 0) is 48.9 Å². The fraction of sp³-hybridized carbons (Fsp3) is 0.261. The van der Waals surface area contributed by atoms with Crippen molar-refractivity contribution in [3.05, 3.63) is 71.7 Å². The van der Waals surface area contributed by atoms with Crippen LogP contribution in [-0.2, 0) is 15.6 Å². The number of benzene rings is 2. The van der Waals surface area contributed by atoms with E-state index in [4.69, 9.17) is 18.6 Å². The van der Waals surface area contributed by atoms with Crippen LogP contribution in [0.15, 0.2) is 63.9 Å². The number of rotatable bonds is 9. The van der Waals surface area contributed by atoms with E-state index >= 15 is 0 Å². The van der Waals surface area contributed by atoms with Crippen LogP contribution in [0.5, 0.6) is 17.2 Å². The minimum absolute atomic E-state index is 0.0163. The third kappa shape index (κ3) is 5.05. The molecule has 8 nitrogen and oxygen atoms in total. The molecule has 1 unspecified atom stereocenters. The van der Waals surface area contributed by atoms with Crippen molar-refractivity contribution < 1.29 is 31.8 Å². The van der Waals surface area contributed by atoms with Crippen molar-refractivity contribution >= 4 is 15.7 Å². The Kier molecular flexibility index (Phi) is 7.09. The molecule has 1 amide bonds. The number of carbonyl (C=O) groups excluding carboxylic acids is 1. The number of sulfone groups is 1. The number of ether oxygens (including phenoxy) is 3. The molecule has 0 saturated heterocycles. The largest absolute Gasteiger partial charge is 0.493 e. The molecule has 1 aromatic heterocycles. The predicted molar refractivity (Wildman–Crippen MR) is 118 cm³/mol. The van der Waals surface area contributed by atoms with Gasteiger partial charge in [0.2, 0.25) is 5.75 Å². The first-order valence-corrected chi connectivity index (χ1v) is 11.4. The summed E-state index contributed by atoms with van der Waals surface area (Å²) in [5.74, 6) is 0.764. The molecular weight excluding hydrogens is 434 g/mol. The Balaban J connectivity index is 1.74. The second-order valence-electron chi connectivity index (χ2n) is 6.99. The Labute approximate surface area is 187 Å². The molecule has 1 heterocycles. The molecule has 0 aliphatic carbocycles. The lowest BCUT2D eigenvalue weighted by atomic mass is 10.1. The van der Waals surface area contributed by atoms with Crippen molar-refractivity contribution in [3.8, 4) is 17.2 Å². The van der Waals surface area contributed by atoms with E-state index in [0.29, 0.717) is 17.2 Å². The van der Waals surface area contributed by atoms with Gasteiger partial charge in [0.05, 0.1) is 32.3 Å². The normalized spacial score (nSPS) is 12.1. The minimum Gasteiger partial charge on any atom is -0.493 e. The molecule has 170 valence electrons. The lowest BCUT2D eigenvalue weighted by Gasteiger charge is -2.18. The summed E-state index contributed by atoms with van der Waals surface area (Å²) in [4.78, 5) is 12.9. The Hall–Kier alpha value is -3.46. The minimum atomic E-state index is -3.58. The summed E-state index contributed by atoms with van der Waals surface area (Å²) in [5, 5.41) is 2.83. The predicted octanol–water partition coefficient (Wildman–Crippen LogP) is 3.77. The second kappa shape index (κ2) is 9.78. The zero-order valence-electron chi connectivity index (χ0n) is 18.2. The van der Waals surface area contributed by atoms with Crippen LogP contribution in [-0.4, -0.2) is 35.7 Å². The average molecular weight is 460 g/mol. The van der Waals surface area contributed by atoms with Gasteiger partial charge in [0, 0.05) is 0 Å². The summed E-state index contributed by atoms with van der Waals surface area (Å²) in [6, 6.07) is 14.1. The Bertz CT molecular complexity index is 1160. The molecule has 32 heavy (non-hydrogen) atoms. The second-order valence-corrected chi connectivity index (χ2v) is 8.98. The molecular formula is C23H25NO7S. The highest BCUT2D eigenvalue weighted by atomic mass is 32.2. The first-order chi connectivity index (χ1) is 15.3. The molecule has 0 saturated carbocycles. The van der Waals surface area contributed by atoms with E-state index in [1.54, 1.807) is 37.3 Å². The number of amides is 1. The van der Waals surface area contributed by atoms with Crippen LogP contribution in [0, 0.1) is 0 Å². The zero-order chi connectivity index (χ0) is 23.3. The smallest absolute Gasteiger partial charge is 0.287 e. The summed E-state index contributed by atoms with van der Waals surface area (Å²) in [7, 11) is 0.957. The number of furan rings is 1. The Morgan fingerprint density at radius 2 is 1.59 bits per heavy atom. The number of methoxy groups -OCH3 is 3. The third-order valence-corrected chi connectivity index (χ3v) is 6.51. The fourth-order valence-corrected chi connectivity index (χ4v) is 4.45. The van der Waals surface area contributed by atoms with Crippen molar-refractivity contribution in [2.75, 3.05) is 21.3 Å². The monoisotopic (exact) mass is 459 g/mol. The summed E-state index contributed by atoms with van der Waals surface area (Å²) >= 11 is 0. The molecule has 1 N–H and O–H groups in total. The standard InChI is InChI=1S/C23H25NO7S/c1-15(16-12-20(28-2)22(30-4)21(13-16)29-3)24-23(25)19-11-10-17(31-19)14-32(26,27)18-8-6-5-7-9-18/h5-13,15H,14H2,1-4H3,(H,24,25). The first-order valence-electron chi connectivity index (χ1n) is 9.76. The van der Waals surface area contributed by atoms with Gasteiger partial charge in [-0.2, -0.15) is 0 Å². The highest BCUT2D eigenvalue weighted by Gasteiger charge is 2.21. The molecule has 3 rings (SSSR count). The van der Waals surface area contributed by atoms with E-state index in [2.05, 4.69) is 5.32 Å². The Morgan fingerprint density at radius 1 is 0.969 bits per heavy atom. The lowest BCUT2D eigenvalue weighted by Crippen LogP contribution is -2.26. The Morgan fingerprint density at radius 3 is 2.16 bits per heavy atom. The van der Waals surface area contributed by atoms with Gasteiger partial charge in [0.15, 0.2) is 27.1 Å². The van der Waals surface area contributed by atoms with Crippen LogP contribution >= 0.6 is 0 Å². The summed E-state index contributed by atoms with van der Waals surface area (Å²) < 4.78 is 46.6. The van der Waals surface area contributed by atoms with Gasteiger partial charge < -0.3 is 23.9 Å². The van der Waals surface area contributed by atoms with Crippen molar-refractivity contribution in [3.63, 3.8) is 0 Å². The van der Waals surface area contributed by atoms with Crippen LogP contribution < -0.4 is 19.5 Å². The maximum atomic E-state index is 12.7. The van der Waals surface area contributed by atoms with Crippen LogP contribution in [0.1, 0.15) is 34.8 Å². The molecule has 0 aliphatic heterocycles. The van der Waals surface area contributed by atoms with Gasteiger partial charge in [-0.1, -0.05) is 18.2 Å². The SMILES string of the molecule is COc1cc(C(C)NC(=O)c2ccc(CS(=O)(=O)c3ccccc3)o2)cc(OC)c1OC. The zero-order valence-corrected chi connectivity index (χ0v) is 19.1. The highest BCUT2D eigenvalue weighted by molar-refractivity contribution is 7.90. The molecule has 2 aromatic carbocycles. The van der Waals surface area contributed by atoms with E-state index in [0.717, 1.165) is 5.56 Å². The highest BCUT2D eigenvalue weighted by Crippen LogP contribution is 2.39. The lowest BCUT2D eigenvalue weighted by molar-refractivity contribution is 0.0910. The van der Waals surface area contributed by atoms with E-state index in [9.17, 15) is 13.2 Å². The van der Waals surface area contributed by atoms with Gasteiger partial charge in [0.25, 0.3) is 5.91 Å². The van der Waals surface area contributed by atoms with E-state index in [1.807, 2.05) is 0 Å². The maximum Gasteiger partial charge on any atom is 0.287 e. The number of nitrogens with one attached hydrogen (secondary N) is 1. The summed E-state index contributed by atoms with van der Waals surface area (Å²) in [6.45, 7) is 1.79. The van der Waals surface area contributed by atoms with Gasteiger partial charge >= 0.3 is 0 Å². The molecule has 0 aliphatic rings. The quantitative estimate of drug-likeness (QED) is 0.519. The van der Waals surface area contributed by atoms with Gasteiger partial charge in [0.1, 0.15) is 11.5 Å². The van der Waals surface area contributed by atoms with Crippen LogP contribution in [0.25, 0.3) is 0 Å². The van der Waals surface area contributed by atoms with Gasteiger partial charge in [-0.15, -0.1) is 0 Å². The van der Waals surface area contributed by atoms with Crippen LogP contribution in [0.4, 0.5) is 0 Å². The van der Waals surface area contributed by atoms with Crippen LogP contribution in [0.2, 0.25) is 0 Å². The molecule has 9 heteroatoms. The molecule has 1 atom stereocenters. The van der Waals surface area contributed by atoms with Crippen molar-refractivity contribution in [2.24, 2.45) is 0 Å². The van der Waals surface area contributed by atoms with E-state index < -0.39 is 21.8 Å². The molecule has 0 radical (unpaired) electrons. The average Bonchev–Trinajstić information content (AvgIpc) is 3.26. The van der Waals surface area contributed by atoms with Crippen molar-refractivity contribution in [1.82, 2.24) is 5.32 Å². The number of carbonyl (C=O) groups is 1. The molecule has 0 bridgehead atoms. The van der Waals surface area contributed by atoms with E-state index in [-0.39, 0.29) is 22.2 Å². The fourth-order valence-electron chi connectivity index (χ4n) is 3.18. The van der Waals surface area contributed by atoms with Crippen molar-refractivity contribution in [2.45, 2.75) is 23.6 Å². The number of hydrogen-bond acceptors (Lipinski definition) is 7. The van der Waals surface area contributed by atoms with Gasteiger partial charge in [-0.3, -0.25) is 4.79 Å². The summed E-state index contributed by atoms with van der Waals surface area (Å²) in [5.41, 5.74) is 0.728. The van der Waals surface area contributed by atoms with E-state index in [1.165, 1.54) is 45.6 Å². The summed E-state index contributed by atoms with van der Waals surface area (Å²) in [6.07, 6.45) is 0. The molecule has 3 aromatic rings. The van der Waals surface area contributed by atoms with Crippen LogP contribution in [0.3, 0.4) is 0 Å². The number of hydrogen-bond donors (Lipinski definition) is 1. The molecule has 0 fully saturated rings. The van der Waals surface area contributed by atoms with Crippen molar-refractivity contribution in [1.29, 1.82) is 0 Å². The first kappa shape index (κ1) is 23.2. The molecule has 0 spiro atoms. The topological polar surface area (TPSA) is 104 Å². The van der Waals surface area contributed by atoms with Gasteiger partial charge in [-0.25, -0.2) is 8.42 Å². The maximum absolute atomic E-state index is 12.7. The third-order valence-electron chi connectivity index (χ3n) is 4.85.